The minimum absolute atomic E-state index is 0.0870. The number of hydrogen-bond donors (Lipinski definition) is 0. The molecule has 0 aromatic heterocycles. The first-order valence-corrected chi connectivity index (χ1v) is 8.85. The van der Waals surface area contributed by atoms with Crippen molar-refractivity contribution >= 4 is 15.9 Å². The van der Waals surface area contributed by atoms with E-state index in [1.54, 1.807) is 30.3 Å². The summed E-state index contributed by atoms with van der Waals surface area (Å²) < 4.78 is 30.0. The van der Waals surface area contributed by atoms with E-state index in [0.717, 1.165) is 6.42 Å². The number of fused-ring (bicyclic) bond motifs is 2. The van der Waals surface area contributed by atoms with Crippen LogP contribution in [-0.4, -0.2) is 20.0 Å². The molecule has 2 aliphatic carbocycles. The highest BCUT2D eigenvalue weighted by Crippen LogP contribution is 2.64. The zero-order chi connectivity index (χ0) is 15.3. The molecule has 0 spiro atoms. The predicted molar refractivity (Wildman–Crippen MR) is 79.4 cm³/mol. The fraction of sp³-hybridized carbons (Fsp3) is 0.562. The summed E-state index contributed by atoms with van der Waals surface area (Å²) in [4.78, 5) is 12.4. The number of carbonyl (C=O) groups excluding carboxylic acids is 1. The van der Waals surface area contributed by atoms with Crippen molar-refractivity contribution in [3.8, 4) is 5.75 Å². The Labute approximate surface area is 125 Å². The molecule has 2 saturated carbocycles. The Bertz CT molecular complexity index is 663. The van der Waals surface area contributed by atoms with Crippen molar-refractivity contribution in [2.24, 2.45) is 16.7 Å². The molecular weight excluding hydrogens is 288 g/mol. The third-order valence-corrected chi connectivity index (χ3v) is 6.82. The van der Waals surface area contributed by atoms with Gasteiger partial charge in [0, 0.05) is 6.42 Å². The monoisotopic (exact) mass is 308 g/mol. The molecule has 21 heavy (non-hydrogen) atoms. The topological polar surface area (TPSA) is 60.4 Å². The van der Waals surface area contributed by atoms with E-state index in [-0.39, 0.29) is 17.0 Å². The van der Waals surface area contributed by atoms with Gasteiger partial charge in [-0.3, -0.25) is 4.79 Å². The maximum Gasteiger partial charge on any atom is 0.310 e. The summed E-state index contributed by atoms with van der Waals surface area (Å²) in [5, 5.41) is 0. The van der Waals surface area contributed by atoms with Gasteiger partial charge in [0.1, 0.15) is 11.5 Å². The van der Waals surface area contributed by atoms with Gasteiger partial charge in [-0.1, -0.05) is 32.0 Å². The van der Waals surface area contributed by atoms with Gasteiger partial charge >= 0.3 is 10.1 Å². The van der Waals surface area contributed by atoms with Gasteiger partial charge in [-0.15, -0.1) is 0 Å². The molecule has 2 atom stereocenters. The molecule has 0 N–H and O–H groups in total. The van der Waals surface area contributed by atoms with Crippen molar-refractivity contribution in [1.29, 1.82) is 0 Å². The number of rotatable bonds is 4. The van der Waals surface area contributed by atoms with Crippen LogP contribution in [-0.2, 0) is 14.9 Å². The minimum Gasteiger partial charge on any atom is -0.382 e. The third-order valence-electron chi connectivity index (χ3n) is 5.53. The van der Waals surface area contributed by atoms with Crippen molar-refractivity contribution in [2.45, 2.75) is 33.1 Å². The van der Waals surface area contributed by atoms with Gasteiger partial charge in [-0.05, 0) is 36.3 Å². The second-order valence-corrected chi connectivity index (χ2v) is 8.34. The second-order valence-electron chi connectivity index (χ2n) is 6.77. The number of carbonyl (C=O) groups is 1. The van der Waals surface area contributed by atoms with Gasteiger partial charge in [0.25, 0.3) is 0 Å². The minimum atomic E-state index is -3.79. The maximum atomic E-state index is 12.4. The van der Waals surface area contributed by atoms with Gasteiger partial charge in [-0.2, -0.15) is 8.42 Å². The van der Waals surface area contributed by atoms with Gasteiger partial charge in [0.15, 0.2) is 0 Å². The molecule has 0 heterocycles. The first-order valence-electron chi connectivity index (χ1n) is 7.27. The lowest BCUT2D eigenvalue weighted by atomic mass is 9.70. The van der Waals surface area contributed by atoms with E-state index in [2.05, 4.69) is 0 Å². The van der Waals surface area contributed by atoms with Gasteiger partial charge in [0.05, 0.1) is 11.2 Å². The van der Waals surface area contributed by atoms with Crippen LogP contribution in [0.5, 0.6) is 5.75 Å². The Kier molecular flexibility index (Phi) is 3.17. The maximum absolute atomic E-state index is 12.4. The molecule has 0 saturated heterocycles. The number of para-hydroxylation sites is 1. The van der Waals surface area contributed by atoms with Crippen LogP contribution in [0.3, 0.4) is 0 Å². The Morgan fingerprint density at radius 1 is 1.24 bits per heavy atom. The standard InChI is InChI=1S/C16H20O4S/c1-15(2)12-8-9-16(15,14(17)10-12)11-21(18,19)20-13-6-4-3-5-7-13/h3-7,12H,8-11H2,1-2H3. The Morgan fingerprint density at radius 3 is 2.43 bits per heavy atom. The summed E-state index contributed by atoms with van der Waals surface area (Å²) in [5.74, 6) is 0.477. The predicted octanol–water partition coefficient (Wildman–Crippen LogP) is 2.79. The van der Waals surface area contributed by atoms with Crippen molar-refractivity contribution < 1.29 is 17.4 Å². The number of benzene rings is 1. The smallest absolute Gasteiger partial charge is 0.310 e. The molecule has 2 fully saturated rings. The average Bonchev–Trinajstić information content (AvgIpc) is 2.72. The normalized spacial score (nSPS) is 30.6. The zero-order valence-electron chi connectivity index (χ0n) is 12.3. The van der Waals surface area contributed by atoms with Crippen molar-refractivity contribution in [3.05, 3.63) is 30.3 Å². The largest absolute Gasteiger partial charge is 0.382 e. The summed E-state index contributed by atoms with van der Waals surface area (Å²) in [7, 11) is -3.79. The summed E-state index contributed by atoms with van der Waals surface area (Å²) in [5.41, 5.74) is -1.04. The summed E-state index contributed by atoms with van der Waals surface area (Å²) >= 11 is 0. The first kappa shape index (κ1) is 14.6. The van der Waals surface area contributed by atoms with Crippen molar-refractivity contribution in [1.82, 2.24) is 0 Å². The molecule has 1 aromatic carbocycles. The van der Waals surface area contributed by atoms with Crippen LogP contribution in [0.25, 0.3) is 0 Å². The third kappa shape index (κ3) is 2.18. The Balaban J connectivity index is 1.87. The lowest BCUT2D eigenvalue weighted by molar-refractivity contribution is -0.128. The number of hydrogen-bond acceptors (Lipinski definition) is 4. The molecule has 2 bridgehead atoms. The molecule has 0 amide bonds. The molecule has 0 aliphatic heterocycles. The van der Waals surface area contributed by atoms with Gasteiger partial charge in [0.2, 0.25) is 0 Å². The van der Waals surface area contributed by atoms with E-state index >= 15 is 0 Å². The van der Waals surface area contributed by atoms with Crippen LogP contribution >= 0.6 is 0 Å². The summed E-state index contributed by atoms with van der Waals surface area (Å²) in [6.07, 6.45) is 2.09. The Hall–Kier alpha value is -1.36. The fourth-order valence-corrected chi connectivity index (χ4v) is 5.81. The molecule has 3 rings (SSSR count). The van der Waals surface area contributed by atoms with E-state index in [1.165, 1.54) is 0 Å². The lowest BCUT2D eigenvalue weighted by Crippen LogP contribution is -2.43. The van der Waals surface area contributed by atoms with Crippen LogP contribution in [0.4, 0.5) is 0 Å². The quantitative estimate of drug-likeness (QED) is 0.803. The molecule has 5 heteroatoms. The van der Waals surface area contributed by atoms with E-state index < -0.39 is 15.5 Å². The number of ketones is 1. The SMILES string of the molecule is CC1(C)C2CCC1(CS(=O)(=O)Oc1ccccc1)C(=O)C2. The van der Waals surface area contributed by atoms with E-state index in [1.807, 2.05) is 13.8 Å². The molecule has 4 nitrogen and oxygen atoms in total. The summed E-state index contributed by atoms with van der Waals surface area (Å²) in [6.45, 7) is 4.04. The van der Waals surface area contributed by atoms with Crippen LogP contribution in [0.1, 0.15) is 33.1 Å². The van der Waals surface area contributed by atoms with Crippen molar-refractivity contribution in [3.63, 3.8) is 0 Å². The lowest BCUT2D eigenvalue weighted by Gasteiger charge is -2.35. The highest BCUT2D eigenvalue weighted by atomic mass is 32.2. The van der Waals surface area contributed by atoms with Crippen LogP contribution < -0.4 is 4.18 Å². The van der Waals surface area contributed by atoms with E-state index in [0.29, 0.717) is 24.5 Å². The first-order chi connectivity index (χ1) is 9.77. The van der Waals surface area contributed by atoms with Gasteiger partial charge < -0.3 is 4.18 Å². The van der Waals surface area contributed by atoms with Crippen LogP contribution in [0.2, 0.25) is 0 Å². The van der Waals surface area contributed by atoms with E-state index in [9.17, 15) is 13.2 Å². The van der Waals surface area contributed by atoms with Crippen LogP contribution in [0.15, 0.2) is 30.3 Å². The Morgan fingerprint density at radius 2 is 1.90 bits per heavy atom. The molecule has 0 radical (unpaired) electrons. The van der Waals surface area contributed by atoms with E-state index in [4.69, 9.17) is 4.18 Å². The average molecular weight is 308 g/mol. The summed E-state index contributed by atoms with van der Waals surface area (Å²) in [6, 6.07) is 8.45. The molecule has 1 aromatic rings. The highest BCUT2D eigenvalue weighted by Gasteiger charge is 2.65. The molecule has 2 aliphatic rings. The zero-order valence-corrected chi connectivity index (χ0v) is 13.2. The molecule has 2 unspecified atom stereocenters. The highest BCUT2D eigenvalue weighted by molar-refractivity contribution is 7.87. The second kappa shape index (κ2) is 4.57. The number of Topliss-reactive ketones (excluding diaryl/α,β-unsaturated/α-hetero) is 1. The van der Waals surface area contributed by atoms with Crippen molar-refractivity contribution in [2.75, 3.05) is 5.75 Å². The fourth-order valence-electron chi connectivity index (χ4n) is 4.06. The van der Waals surface area contributed by atoms with Crippen LogP contribution in [0, 0.1) is 16.7 Å². The van der Waals surface area contributed by atoms with Gasteiger partial charge in [-0.25, -0.2) is 0 Å². The molecular formula is C16H20O4S. The molecule has 114 valence electrons.